The van der Waals surface area contributed by atoms with Crippen LogP contribution in [0.3, 0.4) is 0 Å². The minimum Gasteiger partial charge on any atom is -0.345 e. The number of hydrogen-bond donors (Lipinski definition) is 0. The molecule has 0 aliphatic rings. The van der Waals surface area contributed by atoms with Crippen LogP contribution >= 0.6 is 23.2 Å². The summed E-state index contributed by atoms with van der Waals surface area (Å²) in [6, 6.07) is 12.5. The summed E-state index contributed by atoms with van der Waals surface area (Å²) in [5.74, 6) is 0.0732. The molecule has 2 rings (SSSR count). The van der Waals surface area contributed by atoms with E-state index in [2.05, 4.69) is 49.6 Å². The molecule has 2 aromatic rings. The Hall–Kier alpha value is -1.45. The molecular formula is C20H26Cl2N2O. The number of aryl methyl sites for hydroxylation is 1. The Balaban J connectivity index is 2.23. The van der Waals surface area contributed by atoms with Crippen molar-refractivity contribution in [3.05, 3.63) is 59.4 Å². The van der Waals surface area contributed by atoms with Crippen molar-refractivity contribution < 1.29 is 4.79 Å². The van der Waals surface area contributed by atoms with Gasteiger partial charge < -0.3 is 9.47 Å². The van der Waals surface area contributed by atoms with E-state index in [4.69, 9.17) is 23.2 Å². The van der Waals surface area contributed by atoms with Crippen molar-refractivity contribution in [3.8, 4) is 0 Å². The van der Waals surface area contributed by atoms with Gasteiger partial charge in [0.2, 0.25) is 0 Å². The number of carbonyl (C=O) groups excluding carboxylic acids is 1. The monoisotopic (exact) mass is 380 g/mol. The van der Waals surface area contributed by atoms with Gasteiger partial charge in [-0.1, -0.05) is 66.9 Å². The van der Waals surface area contributed by atoms with Crippen molar-refractivity contribution in [1.29, 1.82) is 0 Å². The van der Waals surface area contributed by atoms with Gasteiger partial charge in [-0.2, -0.15) is 0 Å². The average molecular weight is 381 g/mol. The molecule has 5 heteroatoms. The van der Waals surface area contributed by atoms with E-state index in [1.54, 1.807) is 4.90 Å². The van der Waals surface area contributed by atoms with Gasteiger partial charge in [0, 0.05) is 24.5 Å². The van der Waals surface area contributed by atoms with Crippen LogP contribution in [0.5, 0.6) is 0 Å². The summed E-state index contributed by atoms with van der Waals surface area (Å²) in [6.07, 6.45) is 2.04. The summed E-state index contributed by atoms with van der Waals surface area (Å²) in [5.41, 5.74) is 3.54. The molecule has 136 valence electrons. The number of alkyl halides is 2. The number of carbonyl (C=O) groups is 1. The van der Waals surface area contributed by atoms with Crippen LogP contribution in [-0.2, 0) is 17.9 Å². The Labute approximate surface area is 160 Å². The number of nitrogens with zero attached hydrogens (tertiary/aromatic N) is 2. The highest BCUT2D eigenvalue weighted by atomic mass is 35.5. The first kappa shape index (κ1) is 19.9. The van der Waals surface area contributed by atoms with E-state index in [1.807, 2.05) is 25.3 Å². The minimum absolute atomic E-state index is 0.0508. The summed E-state index contributed by atoms with van der Waals surface area (Å²) >= 11 is 11.7. The summed E-state index contributed by atoms with van der Waals surface area (Å²) in [6.45, 7) is 9.57. The molecule has 0 spiro atoms. The predicted molar refractivity (Wildman–Crippen MR) is 105 cm³/mol. The molecule has 3 nitrogen and oxygen atoms in total. The third-order valence-electron chi connectivity index (χ3n) is 4.62. The van der Waals surface area contributed by atoms with Crippen LogP contribution in [0.15, 0.2) is 42.6 Å². The van der Waals surface area contributed by atoms with Gasteiger partial charge in [-0.3, -0.25) is 4.79 Å². The Morgan fingerprint density at radius 2 is 1.88 bits per heavy atom. The van der Waals surface area contributed by atoms with E-state index in [0.717, 1.165) is 12.2 Å². The molecule has 1 amide bonds. The fourth-order valence-corrected chi connectivity index (χ4v) is 3.09. The number of halogens is 2. The van der Waals surface area contributed by atoms with Gasteiger partial charge in [-0.15, -0.1) is 0 Å². The van der Waals surface area contributed by atoms with Crippen molar-refractivity contribution in [2.45, 2.75) is 51.7 Å². The maximum absolute atomic E-state index is 12.5. The lowest BCUT2D eigenvalue weighted by molar-refractivity contribution is -0.133. The number of aromatic nitrogens is 1. The fourth-order valence-electron chi connectivity index (χ4n) is 2.84. The lowest BCUT2D eigenvalue weighted by Gasteiger charge is -2.32. The highest BCUT2D eigenvalue weighted by molar-refractivity contribution is 6.53. The van der Waals surface area contributed by atoms with Crippen molar-refractivity contribution in [1.82, 2.24) is 9.47 Å². The van der Waals surface area contributed by atoms with Gasteiger partial charge in [-0.05, 0) is 37.5 Å². The van der Waals surface area contributed by atoms with E-state index in [1.165, 1.54) is 11.1 Å². The number of hydrogen-bond acceptors (Lipinski definition) is 1. The third-order valence-corrected chi connectivity index (χ3v) is 4.99. The van der Waals surface area contributed by atoms with E-state index >= 15 is 0 Å². The summed E-state index contributed by atoms with van der Waals surface area (Å²) in [5, 5.41) is 0. The molecule has 1 aromatic carbocycles. The lowest BCUT2D eigenvalue weighted by atomic mass is 10.0. The zero-order chi connectivity index (χ0) is 18.6. The molecule has 0 radical (unpaired) electrons. The Kier molecular flexibility index (Phi) is 6.97. The molecule has 1 atom stereocenters. The van der Waals surface area contributed by atoms with Gasteiger partial charge in [-0.25, -0.2) is 0 Å². The summed E-state index contributed by atoms with van der Waals surface area (Å²) in [4.78, 5) is 13.2. The average Bonchev–Trinajstić information content (AvgIpc) is 2.98. The second-order valence-electron chi connectivity index (χ2n) is 6.87. The summed E-state index contributed by atoms with van der Waals surface area (Å²) < 4.78 is 2.17. The lowest BCUT2D eigenvalue weighted by Crippen LogP contribution is -2.43. The van der Waals surface area contributed by atoms with Crippen molar-refractivity contribution in [3.63, 3.8) is 0 Å². The van der Waals surface area contributed by atoms with Gasteiger partial charge in [0.1, 0.15) is 0 Å². The highest BCUT2D eigenvalue weighted by Gasteiger charge is 2.27. The van der Waals surface area contributed by atoms with E-state index in [9.17, 15) is 4.79 Å². The molecule has 0 saturated heterocycles. The van der Waals surface area contributed by atoms with Crippen LogP contribution in [0, 0.1) is 12.8 Å². The van der Waals surface area contributed by atoms with E-state index in [0.29, 0.717) is 12.5 Å². The SMILES string of the molecule is Cc1cccc(Cn2cccc2CN(C(=O)C(Cl)Cl)C(C)C(C)C)c1. The molecule has 25 heavy (non-hydrogen) atoms. The second-order valence-corrected chi connectivity index (χ2v) is 7.96. The van der Waals surface area contributed by atoms with Crippen LogP contribution < -0.4 is 0 Å². The van der Waals surface area contributed by atoms with Crippen LogP contribution in [0.4, 0.5) is 0 Å². The van der Waals surface area contributed by atoms with Gasteiger partial charge in [0.05, 0.1) is 6.54 Å². The fraction of sp³-hybridized carbons (Fsp3) is 0.450. The first-order chi connectivity index (χ1) is 11.8. The van der Waals surface area contributed by atoms with Crippen LogP contribution in [0.2, 0.25) is 0 Å². The largest absolute Gasteiger partial charge is 0.345 e. The standard InChI is InChI=1S/C20H26Cl2N2O/c1-14(2)16(4)24(20(25)19(21)22)13-18-9-6-10-23(18)12-17-8-5-7-15(3)11-17/h5-11,14,16,19H,12-13H2,1-4H3. The minimum atomic E-state index is -1.04. The zero-order valence-electron chi connectivity index (χ0n) is 15.2. The Morgan fingerprint density at radius 1 is 1.16 bits per heavy atom. The number of benzene rings is 1. The van der Waals surface area contributed by atoms with Gasteiger partial charge >= 0.3 is 0 Å². The first-order valence-electron chi connectivity index (χ1n) is 8.57. The molecule has 1 unspecified atom stereocenters. The molecule has 0 bridgehead atoms. The van der Waals surface area contributed by atoms with Crippen molar-refractivity contribution in [2.75, 3.05) is 0 Å². The molecule has 1 aromatic heterocycles. The van der Waals surface area contributed by atoms with Crippen molar-refractivity contribution in [2.24, 2.45) is 5.92 Å². The normalized spacial score (nSPS) is 12.6. The smallest absolute Gasteiger partial charge is 0.256 e. The van der Waals surface area contributed by atoms with Crippen LogP contribution in [-0.4, -0.2) is 26.3 Å². The van der Waals surface area contributed by atoms with Gasteiger partial charge in [0.25, 0.3) is 5.91 Å². The quantitative estimate of drug-likeness (QED) is 0.618. The van der Waals surface area contributed by atoms with Crippen molar-refractivity contribution >= 4 is 29.1 Å². The molecule has 0 N–H and O–H groups in total. The van der Waals surface area contributed by atoms with Crippen LogP contribution in [0.1, 0.15) is 37.6 Å². The number of amides is 1. The maximum atomic E-state index is 12.5. The van der Waals surface area contributed by atoms with E-state index < -0.39 is 4.84 Å². The highest BCUT2D eigenvalue weighted by Crippen LogP contribution is 2.20. The Morgan fingerprint density at radius 3 is 2.48 bits per heavy atom. The first-order valence-corrected chi connectivity index (χ1v) is 9.45. The van der Waals surface area contributed by atoms with Gasteiger partial charge in [0.15, 0.2) is 4.84 Å². The molecule has 0 aliphatic carbocycles. The number of rotatable bonds is 7. The molecule has 0 saturated carbocycles. The molecule has 1 heterocycles. The molecule has 0 aliphatic heterocycles. The Bertz CT molecular complexity index is 709. The molecule has 0 fully saturated rings. The summed E-state index contributed by atoms with van der Waals surface area (Å²) in [7, 11) is 0. The maximum Gasteiger partial charge on any atom is 0.256 e. The van der Waals surface area contributed by atoms with Crippen LogP contribution in [0.25, 0.3) is 0 Å². The zero-order valence-corrected chi connectivity index (χ0v) is 16.8. The predicted octanol–water partition coefficient (Wildman–Crippen LogP) is 5.02. The second kappa shape index (κ2) is 8.77. The topological polar surface area (TPSA) is 25.2 Å². The molecular weight excluding hydrogens is 355 g/mol. The third kappa shape index (κ3) is 5.26. The van der Waals surface area contributed by atoms with E-state index in [-0.39, 0.29) is 11.9 Å².